The fraction of sp³-hybridized carbons (Fsp3) is 0.462. The second-order valence-corrected chi connectivity index (χ2v) is 4.92. The van der Waals surface area contributed by atoms with Gasteiger partial charge in [-0.1, -0.05) is 33.8 Å². The van der Waals surface area contributed by atoms with Gasteiger partial charge in [0.1, 0.15) is 0 Å². The van der Waals surface area contributed by atoms with Crippen LogP contribution in [0.4, 0.5) is 0 Å². The lowest BCUT2D eigenvalue weighted by Gasteiger charge is -2.12. The summed E-state index contributed by atoms with van der Waals surface area (Å²) in [6.45, 7) is 8.61. The van der Waals surface area contributed by atoms with Crippen LogP contribution in [0, 0.1) is 0 Å². The average Bonchev–Trinajstić information content (AvgIpc) is 2.55. The van der Waals surface area contributed by atoms with Gasteiger partial charge in [-0.15, -0.1) is 0 Å². The SMILES string of the molecule is CC(C)c1cc(C(C)C)c2[nH]c(=O)[nH]c2c1. The Morgan fingerprint density at radius 1 is 1.00 bits per heavy atom. The van der Waals surface area contributed by atoms with Gasteiger partial charge in [0.25, 0.3) is 0 Å². The van der Waals surface area contributed by atoms with Crippen LogP contribution in [0.1, 0.15) is 50.7 Å². The quantitative estimate of drug-likeness (QED) is 0.799. The second-order valence-electron chi connectivity index (χ2n) is 4.92. The van der Waals surface area contributed by atoms with E-state index in [-0.39, 0.29) is 5.69 Å². The molecule has 1 heterocycles. The number of hydrogen-bond acceptors (Lipinski definition) is 1. The highest BCUT2D eigenvalue weighted by Crippen LogP contribution is 2.27. The highest BCUT2D eigenvalue weighted by molar-refractivity contribution is 5.79. The molecule has 0 atom stereocenters. The van der Waals surface area contributed by atoms with Gasteiger partial charge in [-0.25, -0.2) is 4.79 Å². The summed E-state index contributed by atoms with van der Waals surface area (Å²) < 4.78 is 0. The van der Waals surface area contributed by atoms with E-state index in [1.54, 1.807) is 0 Å². The number of rotatable bonds is 2. The van der Waals surface area contributed by atoms with Crippen molar-refractivity contribution >= 4 is 11.0 Å². The third-order valence-electron chi connectivity index (χ3n) is 2.97. The van der Waals surface area contributed by atoms with Crippen molar-refractivity contribution in [3.05, 3.63) is 33.7 Å². The van der Waals surface area contributed by atoms with Gasteiger partial charge in [0, 0.05) is 0 Å². The Kier molecular flexibility index (Phi) is 2.62. The summed E-state index contributed by atoms with van der Waals surface area (Å²) >= 11 is 0. The van der Waals surface area contributed by atoms with Crippen molar-refractivity contribution in [2.45, 2.75) is 39.5 Å². The fourth-order valence-electron chi connectivity index (χ4n) is 1.98. The Balaban J connectivity index is 2.78. The maximum absolute atomic E-state index is 11.3. The van der Waals surface area contributed by atoms with Crippen LogP contribution >= 0.6 is 0 Å². The number of imidazole rings is 1. The molecular formula is C13H18N2O. The number of hydrogen-bond donors (Lipinski definition) is 2. The van der Waals surface area contributed by atoms with E-state index in [1.165, 1.54) is 11.1 Å². The number of aromatic amines is 2. The lowest BCUT2D eigenvalue weighted by molar-refractivity contribution is 0.840. The lowest BCUT2D eigenvalue weighted by atomic mass is 9.94. The molecule has 3 heteroatoms. The molecule has 2 N–H and O–H groups in total. The first-order chi connectivity index (χ1) is 7.49. The number of benzene rings is 1. The van der Waals surface area contributed by atoms with E-state index in [0.717, 1.165) is 11.0 Å². The molecule has 1 aromatic heterocycles. The molecule has 0 unspecified atom stereocenters. The lowest BCUT2D eigenvalue weighted by Crippen LogP contribution is -1.99. The smallest absolute Gasteiger partial charge is 0.306 e. The monoisotopic (exact) mass is 218 g/mol. The summed E-state index contributed by atoms with van der Waals surface area (Å²) in [5.74, 6) is 0.882. The maximum Gasteiger partial charge on any atom is 0.323 e. The molecule has 0 fully saturated rings. The van der Waals surface area contributed by atoms with Crippen LogP contribution < -0.4 is 5.69 Å². The number of nitrogens with one attached hydrogen (secondary N) is 2. The van der Waals surface area contributed by atoms with Gasteiger partial charge in [-0.2, -0.15) is 0 Å². The summed E-state index contributed by atoms with van der Waals surface area (Å²) in [6.07, 6.45) is 0. The van der Waals surface area contributed by atoms with Crippen LogP contribution in [0.3, 0.4) is 0 Å². The van der Waals surface area contributed by atoms with Crippen LogP contribution in [-0.4, -0.2) is 9.97 Å². The highest BCUT2D eigenvalue weighted by atomic mass is 16.1. The molecule has 0 amide bonds. The van der Waals surface area contributed by atoms with E-state index in [2.05, 4.69) is 49.8 Å². The standard InChI is InChI=1S/C13H18N2O/c1-7(2)9-5-10(8(3)4)12-11(6-9)14-13(16)15-12/h5-8H,1-4H3,(H2,14,15,16). The average molecular weight is 218 g/mol. The van der Waals surface area contributed by atoms with Crippen molar-refractivity contribution in [1.29, 1.82) is 0 Å². The van der Waals surface area contributed by atoms with Crippen LogP contribution in [-0.2, 0) is 0 Å². The first-order valence-corrected chi connectivity index (χ1v) is 5.75. The van der Waals surface area contributed by atoms with E-state index < -0.39 is 0 Å². The largest absolute Gasteiger partial charge is 0.323 e. The van der Waals surface area contributed by atoms with Gasteiger partial charge in [0.15, 0.2) is 0 Å². The van der Waals surface area contributed by atoms with E-state index in [4.69, 9.17) is 0 Å². The Morgan fingerprint density at radius 2 is 1.69 bits per heavy atom. The molecule has 0 saturated heterocycles. The van der Waals surface area contributed by atoms with E-state index in [9.17, 15) is 4.79 Å². The van der Waals surface area contributed by atoms with Crippen molar-refractivity contribution < 1.29 is 0 Å². The van der Waals surface area contributed by atoms with Gasteiger partial charge < -0.3 is 9.97 Å². The first-order valence-electron chi connectivity index (χ1n) is 5.75. The van der Waals surface area contributed by atoms with Gasteiger partial charge in [0.05, 0.1) is 11.0 Å². The van der Waals surface area contributed by atoms with E-state index >= 15 is 0 Å². The zero-order chi connectivity index (χ0) is 11.9. The maximum atomic E-state index is 11.3. The van der Waals surface area contributed by atoms with Gasteiger partial charge in [-0.05, 0) is 29.0 Å². The molecule has 1 aromatic carbocycles. The molecule has 2 aromatic rings. The Morgan fingerprint density at radius 3 is 2.25 bits per heavy atom. The molecule has 0 spiro atoms. The summed E-state index contributed by atoms with van der Waals surface area (Å²) in [6, 6.07) is 4.26. The predicted octanol–water partition coefficient (Wildman–Crippen LogP) is 3.10. The Bertz CT molecular complexity index is 561. The molecule has 0 aliphatic carbocycles. The van der Waals surface area contributed by atoms with Crippen molar-refractivity contribution in [3.8, 4) is 0 Å². The topological polar surface area (TPSA) is 48.6 Å². The molecule has 3 nitrogen and oxygen atoms in total. The first kappa shape index (κ1) is 11.0. The summed E-state index contributed by atoms with van der Waals surface area (Å²) in [5, 5.41) is 0. The van der Waals surface area contributed by atoms with E-state index in [0.29, 0.717) is 11.8 Å². The third kappa shape index (κ3) is 1.77. The minimum absolute atomic E-state index is 0.127. The molecular weight excluding hydrogens is 200 g/mol. The predicted molar refractivity (Wildman–Crippen MR) is 67.1 cm³/mol. The molecule has 0 bridgehead atoms. The van der Waals surface area contributed by atoms with Gasteiger partial charge >= 0.3 is 5.69 Å². The normalized spacial score (nSPS) is 11.9. The molecule has 0 radical (unpaired) electrons. The van der Waals surface area contributed by atoms with Crippen LogP contribution in [0.5, 0.6) is 0 Å². The zero-order valence-corrected chi connectivity index (χ0v) is 10.2. The summed E-state index contributed by atoms with van der Waals surface area (Å²) in [5.41, 5.74) is 4.22. The highest BCUT2D eigenvalue weighted by Gasteiger charge is 2.11. The number of fused-ring (bicyclic) bond motifs is 1. The third-order valence-corrected chi connectivity index (χ3v) is 2.97. The van der Waals surface area contributed by atoms with Crippen molar-refractivity contribution in [1.82, 2.24) is 9.97 Å². The molecule has 0 aliphatic heterocycles. The van der Waals surface area contributed by atoms with Crippen molar-refractivity contribution in [3.63, 3.8) is 0 Å². The summed E-state index contributed by atoms with van der Waals surface area (Å²) in [4.78, 5) is 17.0. The second kappa shape index (κ2) is 3.81. The molecule has 2 rings (SSSR count). The Labute approximate surface area is 94.9 Å². The minimum Gasteiger partial charge on any atom is -0.306 e. The van der Waals surface area contributed by atoms with Crippen LogP contribution in [0.15, 0.2) is 16.9 Å². The van der Waals surface area contributed by atoms with Gasteiger partial charge in [0.2, 0.25) is 0 Å². The number of aromatic nitrogens is 2. The van der Waals surface area contributed by atoms with Crippen LogP contribution in [0.25, 0.3) is 11.0 Å². The number of H-pyrrole nitrogens is 2. The molecule has 86 valence electrons. The Hall–Kier alpha value is -1.51. The van der Waals surface area contributed by atoms with Gasteiger partial charge in [-0.3, -0.25) is 0 Å². The van der Waals surface area contributed by atoms with Crippen molar-refractivity contribution in [2.24, 2.45) is 0 Å². The van der Waals surface area contributed by atoms with Crippen molar-refractivity contribution in [2.75, 3.05) is 0 Å². The minimum atomic E-state index is -0.127. The summed E-state index contributed by atoms with van der Waals surface area (Å²) in [7, 11) is 0. The fourth-order valence-corrected chi connectivity index (χ4v) is 1.98. The molecule has 16 heavy (non-hydrogen) atoms. The van der Waals surface area contributed by atoms with Crippen LogP contribution in [0.2, 0.25) is 0 Å². The molecule has 0 saturated carbocycles. The zero-order valence-electron chi connectivity index (χ0n) is 10.2. The van der Waals surface area contributed by atoms with E-state index in [1.807, 2.05) is 0 Å². The molecule has 0 aliphatic rings.